The average Bonchev–Trinajstić information content (AvgIpc) is 2.30. The second-order valence-electron chi connectivity index (χ2n) is 3.39. The van der Waals surface area contributed by atoms with E-state index < -0.39 is 0 Å². The van der Waals surface area contributed by atoms with Gasteiger partial charge < -0.3 is 15.3 Å². The Morgan fingerprint density at radius 3 is 2.81 bits per heavy atom. The fourth-order valence-electron chi connectivity index (χ4n) is 1.30. The van der Waals surface area contributed by atoms with Crippen LogP contribution < -0.4 is 15.3 Å². The number of nitrogens with two attached hydrogens (primary N) is 1. The van der Waals surface area contributed by atoms with Crippen molar-refractivity contribution < 1.29 is 9.47 Å². The highest BCUT2D eigenvalue weighted by Gasteiger charge is 2.04. The van der Waals surface area contributed by atoms with E-state index in [-0.39, 0.29) is 0 Å². The molecule has 0 saturated heterocycles. The molecule has 1 aromatic rings. The molecule has 0 amide bonds. The number of hydrogen-bond donors (Lipinski definition) is 1. The molecule has 0 aliphatic rings. The van der Waals surface area contributed by atoms with Gasteiger partial charge >= 0.3 is 0 Å². The van der Waals surface area contributed by atoms with Gasteiger partial charge in [-0.2, -0.15) is 5.10 Å². The molecule has 0 radical (unpaired) electrons. The van der Waals surface area contributed by atoms with E-state index >= 15 is 0 Å². The predicted molar refractivity (Wildman–Crippen MR) is 65.2 cm³/mol. The summed E-state index contributed by atoms with van der Waals surface area (Å²) in [6, 6.07) is 5.59. The zero-order valence-corrected chi connectivity index (χ0v) is 9.77. The first kappa shape index (κ1) is 12.4. The number of ether oxygens (including phenoxy) is 2. The van der Waals surface area contributed by atoms with Crippen LogP contribution >= 0.6 is 0 Å². The standard InChI is InChI=1S/C12H18N2O2/c1-3-4-7-16-12-8-10(9-14-13)5-6-11(12)15-2/h5-6,8-9H,3-4,7,13H2,1-2H3. The zero-order chi connectivity index (χ0) is 11.8. The third kappa shape index (κ3) is 3.46. The average molecular weight is 222 g/mol. The van der Waals surface area contributed by atoms with Gasteiger partial charge in [0.05, 0.1) is 19.9 Å². The second-order valence-corrected chi connectivity index (χ2v) is 3.39. The lowest BCUT2D eigenvalue weighted by atomic mass is 10.2. The number of unbranched alkanes of at least 4 members (excludes halogenated alkanes) is 1. The van der Waals surface area contributed by atoms with Crippen LogP contribution in [-0.4, -0.2) is 19.9 Å². The highest BCUT2D eigenvalue weighted by molar-refractivity contribution is 5.80. The molecule has 0 aliphatic heterocycles. The summed E-state index contributed by atoms with van der Waals surface area (Å²) in [4.78, 5) is 0. The molecule has 16 heavy (non-hydrogen) atoms. The fourth-order valence-corrected chi connectivity index (χ4v) is 1.30. The van der Waals surface area contributed by atoms with Crippen LogP contribution in [0.1, 0.15) is 25.3 Å². The highest BCUT2D eigenvalue weighted by Crippen LogP contribution is 2.27. The molecule has 2 N–H and O–H groups in total. The maximum atomic E-state index is 5.63. The third-order valence-corrected chi connectivity index (χ3v) is 2.17. The molecule has 0 fully saturated rings. The van der Waals surface area contributed by atoms with E-state index in [0.29, 0.717) is 6.61 Å². The Hall–Kier alpha value is -1.71. The SMILES string of the molecule is CCCCOc1cc(C=NN)ccc1OC. The van der Waals surface area contributed by atoms with Gasteiger partial charge in [0.2, 0.25) is 0 Å². The monoisotopic (exact) mass is 222 g/mol. The van der Waals surface area contributed by atoms with Crippen molar-refractivity contribution >= 4 is 6.21 Å². The fraction of sp³-hybridized carbons (Fsp3) is 0.417. The van der Waals surface area contributed by atoms with Crippen molar-refractivity contribution in [1.82, 2.24) is 0 Å². The lowest BCUT2D eigenvalue weighted by Crippen LogP contribution is -1.99. The summed E-state index contributed by atoms with van der Waals surface area (Å²) in [6.45, 7) is 2.81. The van der Waals surface area contributed by atoms with Crippen LogP contribution in [0.3, 0.4) is 0 Å². The summed E-state index contributed by atoms with van der Waals surface area (Å²) in [7, 11) is 1.62. The lowest BCUT2D eigenvalue weighted by Gasteiger charge is -2.10. The van der Waals surface area contributed by atoms with Gasteiger partial charge in [0.1, 0.15) is 0 Å². The molecule has 0 aliphatic carbocycles. The quantitative estimate of drug-likeness (QED) is 0.347. The number of rotatable bonds is 6. The second kappa shape index (κ2) is 6.71. The minimum absolute atomic E-state index is 0.691. The van der Waals surface area contributed by atoms with Crippen molar-refractivity contribution in [3.05, 3.63) is 23.8 Å². The highest BCUT2D eigenvalue weighted by atomic mass is 16.5. The smallest absolute Gasteiger partial charge is 0.161 e. The van der Waals surface area contributed by atoms with Crippen LogP contribution in [0.25, 0.3) is 0 Å². The van der Waals surface area contributed by atoms with Crippen LogP contribution in [0.2, 0.25) is 0 Å². The van der Waals surface area contributed by atoms with Crippen molar-refractivity contribution in [3.63, 3.8) is 0 Å². The molecule has 88 valence electrons. The molecule has 0 atom stereocenters. The number of methoxy groups -OCH3 is 1. The van der Waals surface area contributed by atoms with Crippen LogP contribution in [0, 0.1) is 0 Å². The first-order valence-electron chi connectivity index (χ1n) is 5.36. The summed E-state index contributed by atoms with van der Waals surface area (Å²) >= 11 is 0. The topological polar surface area (TPSA) is 56.8 Å². The maximum Gasteiger partial charge on any atom is 0.161 e. The van der Waals surface area contributed by atoms with Crippen molar-refractivity contribution in [1.29, 1.82) is 0 Å². The van der Waals surface area contributed by atoms with Gasteiger partial charge in [0.15, 0.2) is 11.5 Å². The van der Waals surface area contributed by atoms with E-state index in [2.05, 4.69) is 12.0 Å². The largest absolute Gasteiger partial charge is 0.493 e. The molecule has 0 unspecified atom stereocenters. The van der Waals surface area contributed by atoms with Crippen molar-refractivity contribution in [2.75, 3.05) is 13.7 Å². The maximum absolute atomic E-state index is 5.63. The Labute approximate surface area is 96.1 Å². The van der Waals surface area contributed by atoms with Crippen molar-refractivity contribution in [2.24, 2.45) is 10.9 Å². The number of benzene rings is 1. The minimum Gasteiger partial charge on any atom is -0.493 e. The van der Waals surface area contributed by atoms with Crippen LogP contribution in [0.4, 0.5) is 0 Å². The Balaban J connectivity index is 2.80. The molecule has 0 heterocycles. The van der Waals surface area contributed by atoms with E-state index in [1.54, 1.807) is 13.3 Å². The van der Waals surface area contributed by atoms with E-state index in [1.807, 2.05) is 18.2 Å². The van der Waals surface area contributed by atoms with E-state index in [1.165, 1.54) is 0 Å². The summed E-state index contributed by atoms with van der Waals surface area (Å²) in [6.07, 6.45) is 3.71. The first-order chi connectivity index (χ1) is 7.81. The molecule has 0 aromatic heterocycles. The molecular weight excluding hydrogens is 204 g/mol. The van der Waals surface area contributed by atoms with E-state index in [9.17, 15) is 0 Å². The third-order valence-electron chi connectivity index (χ3n) is 2.17. The summed E-state index contributed by atoms with van der Waals surface area (Å²) in [5.74, 6) is 6.56. The van der Waals surface area contributed by atoms with Gasteiger partial charge in [-0.3, -0.25) is 0 Å². The van der Waals surface area contributed by atoms with Gasteiger partial charge in [-0.15, -0.1) is 0 Å². The van der Waals surface area contributed by atoms with Gasteiger partial charge in [-0.1, -0.05) is 13.3 Å². The van der Waals surface area contributed by atoms with Gasteiger partial charge in [-0.25, -0.2) is 0 Å². The predicted octanol–water partition coefficient (Wildman–Crippen LogP) is 2.17. The molecule has 1 aromatic carbocycles. The van der Waals surface area contributed by atoms with Crippen LogP contribution in [0.5, 0.6) is 11.5 Å². The molecule has 0 spiro atoms. The van der Waals surface area contributed by atoms with Crippen molar-refractivity contribution in [2.45, 2.75) is 19.8 Å². The molecule has 0 saturated carbocycles. The Bertz CT molecular complexity index is 351. The summed E-state index contributed by atoms with van der Waals surface area (Å²) in [5.41, 5.74) is 0.898. The lowest BCUT2D eigenvalue weighted by molar-refractivity contribution is 0.288. The van der Waals surface area contributed by atoms with Crippen molar-refractivity contribution in [3.8, 4) is 11.5 Å². The molecule has 4 heteroatoms. The Kier molecular flexibility index (Phi) is 5.19. The minimum atomic E-state index is 0.691. The van der Waals surface area contributed by atoms with Gasteiger partial charge in [0.25, 0.3) is 0 Å². The first-order valence-corrected chi connectivity index (χ1v) is 5.36. The summed E-state index contributed by atoms with van der Waals surface area (Å²) < 4.78 is 10.8. The number of nitrogens with zero attached hydrogens (tertiary/aromatic N) is 1. The summed E-state index contributed by atoms with van der Waals surface area (Å²) in [5, 5.41) is 3.48. The number of hydrogen-bond acceptors (Lipinski definition) is 4. The molecular formula is C12H18N2O2. The normalized spacial score (nSPS) is 10.6. The molecule has 1 rings (SSSR count). The molecule has 0 bridgehead atoms. The van der Waals surface area contributed by atoms with Crippen LogP contribution in [0.15, 0.2) is 23.3 Å². The van der Waals surface area contributed by atoms with E-state index in [0.717, 1.165) is 29.9 Å². The number of hydrazone groups is 1. The van der Waals surface area contributed by atoms with Gasteiger partial charge in [0, 0.05) is 0 Å². The Morgan fingerprint density at radius 2 is 2.19 bits per heavy atom. The van der Waals surface area contributed by atoms with Crippen LogP contribution in [-0.2, 0) is 0 Å². The van der Waals surface area contributed by atoms with E-state index in [4.69, 9.17) is 15.3 Å². The Morgan fingerprint density at radius 1 is 1.38 bits per heavy atom. The van der Waals surface area contributed by atoms with Gasteiger partial charge in [-0.05, 0) is 30.2 Å². The zero-order valence-electron chi connectivity index (χ0n) is 9.77. The molecule has 4 nitrogen and oxygen atoms in total.